The molecule has 1 heterocycles. The van der Waals surface area contributed by atoms with Crippen molar-refractivity contribution < 1.29 is 27.8 Å². The van der Waals surface area contributed by atoms with Crippen LogP contribution in [-0.2, 0) is 27.0 Å². The van der Waals surface area contributed by atoms with E-state index in [1.54, 1.807) is 25.3 Å². The lowest BCUT2D eigenvalue weighted by atomic mass is 9.96. The second kappa shape index (κ2) is 13.0. The third-order valence-corrected chi connectivity index (χ3v) is 9.97. The molecule has 1 amide bonds. The first-order chi connectivity index (χ1) is 20.2. The fourth-order valence-corrected chi connectivity index (χ4v) is 6.71. The fraction of sp³-hybridized carbons (Fsp3) is 0.419. The summed E-state index contributed by atoms with van der Waals surface area (Å²) in [6.07, 6.45) is 7.63. The summed E-state index contributed by atoms with van der Waals surface area (Å²) in [5, 5.41) is 11.4. The minimum atomic E-state index is -3.78. The number of unbranched alkanes of at least 4 members (excludes halogenated alkanes) is 1. The van der Waals surface area contributed by atoms with Crippen LogP contribution in [0.15, 0.2) is 65.8 Å². The predicted molar refractivity (Wildman–Crippen MR) is 160 cm³/mol. The lowest BCUT2D eigenvalue weighted by Gasteiger charge is -2.23. The molecule has 2 aliphatic rings. The molecule has 1 aromatic heterocycles. The second-order valence-electron chi connectivity index (χ2n) is 10.7. The van der Waals surface area contributed by atoms with Gasteiger partial charge in [-0.15, -0.1) is 0 Å². The molecule has 0 spiro atoms. The maximum absolute atomic E-state index is 13.5. The number of nitrogens with one attached hydrogen (secondary N) is 1. The molecule has 2 fully saturated rings. The number of carbonyl (C=O) groups is 1. The van der Waals surface area contributed by atoms with Gasteiger partial charge in [0.25, 0.3) is 0 Å². The summed E-state index contributed by atoms with van der Waals surface area (Å²) in [7, 11) is -3.78. The van der Waals surface area contributed by atoms with Gasteiger partial charge in [0.05, 0.1) is 23.2 Å². The molecule has 2 N–H and O–H groups in total. The first kappa shape index (κ1) is 30.3. The van der Waals surface area contributed by atoms with E-state index < -0.39 is 21.7 Å². The van der Waals surface area contributed by atoms with E-state index in [0.717, 1.165) is 48.1 Å². The summed E-state index contributed by atoms with van der Waals surface area (Å²) in [6.45, 7) is 2.77. The summed E-state index contributed by atoms with van der Waals surface area (Å²) in [6, 6.07) is 14.7. The van der Waals surface area contributed by atoms with E-state index in [-0.39, 0.29) is 30.7 Å². The number of aromatic nitrogens is 1. The molecule has 2 aliphatic carbocycles. The molecule has 0 radical (unpaired) electrons. The zero-order valence-corrected chi connectivity index (χ0v) is 25.2. The second-order valence-corrected chi connectivity index (χ2v) is 13.1. The highest BCUT2D eigenvalue weighted by atomic mass is 35.5. The third-order valence-electron chi connectivity index (χ3n) is 7.63. The van der Waals surface area contributed by atoms with Crippen molar-refractivity contribution in [2.45, 2.75) is 68.7 Å². The Morgan fingerprint density at radius 1 is 1.14 bits per heavy atom. The number of benzene rings is 2. The van der Waals surface area contributed by atoms with Gasteiger partial charge < -0.3 is 19.9 Å². The zero-order chi connectivity index (χ0) is 29.7. The van der Waals surface area contributed by atoms with E-state index >= 15 is 0 Å². The van der Waals surface area contributed by atoms with Gasteiger partial charge >= 0.3 is 6.09 Å². The highest BCUT2D eigenvalue weighted by Gasteiger charge is 2.48. The monoisotopic (exact) mass is 613 g/mol. The average Bonchev–Trinajstić information content (AvgIpc) is 3.92. The standard InChI is InChI=1S/C31H36ClN3O6S/c1-2-35(18-6-5-16-34-30(36)37)42(38,39)24-11-12-28(32)22(19-24)21-40-31(14-15-31)27-20-33-17-13-25(27)26-7-3-4-8-29(26)41-23-9-10-23/h3-4,7-8,11-13,17,19-20,23,34H,2,5-6,9-10,14-16,18,21H2,1H3,(H,36,37). The number of carboxylic acid groups (broad SMARTS) is 1. The van der Waals surface area contributed by atoms with Gasteiger partial charge in [0.2, 0.25) is 10.0 Å². The van der Waals surface area contributed by atoms with Gasteiger partial charge in [-0.05, 0) is 80.0 Å². The van der Waals surface area contributed by atoms with Gasteiger partial charge in [-0.3, -0.25) is 4.98 Å². The SMILES string of the molecule is CCN(CCCCNC(=O)O)S(=O)(=O)c1ccc(Cl)c(COC2(c3cnccc3-c3ccccc3OC3CC3)CC2)c1. The number of rotatable bonds is 15. The van der Waals surface area contributed by atoms with Gasteiger partial charge in [-0.2, -0.15) is 4.31 Å². The topological polar surface area (TPSA) is 118 Å². The fourth-order valence-electron chi connectivity index (χ4n) is 5.00. The minimum absolute atomic E-state index is 0.143. The number of nitrogens with zero attached hydrogens (tertiary/aromatic N) is 2. The van der Waals surface area contributed by atoms with Crippen LogP contribution in [0.2, 0.25) is 5.02 Å². The van der Waals surface area contributed by atoms with Crippen molar-refractivity contribution in [1.82, 2.24) is 14.6 Å². The molecule has 9 nitrogen and oxygen atoms in total. The molecular formula is C31H36ClN3O6S. The molecule has 2 aromatic carbocycles. The normalized spacial score (nSPS) is 15.9. The predicted octanol–water partition coefficient (Wildman–Crippen LogP) is 6.21. The van der Waals surface area contributed by atoms with E-state index in [1.807, 2.05) is 30.5 Å². The Morgan fingerprint density at radius 3 is 2.64 bits per heavy atom. The van der Waals surface area contributed by atoms with Gasteiger partial charge in [-0.1, -0.05) is 36.7 Å². The molecule has 5 rings (SSSR count). The number of para-hydroxylation sites is 1. The molecule has 0 saturated heterocycles. The molecule has 224 valence electrons. The Morgan fingerprint density at radius 2 is 1.93 bits per heavy atom. The van der Waals surface area contributed by atoms with Crippen molar-refractivity contribution in [3.05, 3.63) is 77.1 Å². The summed E-state index contributed by atoms with van der Waals surface area (Å²) >= 11 is 6.53. The number of hydrogen-bond donors (Lipinski definition) is 2. The van der Waals surface area contributed by atoms with E-state index in [4.69, 9.17) is 26.2 Å². The molecule has 3 aromatic rings. The quantitative estimate of drug-likeness (QED) is 0.196. The number of halogens is 1. The molecular weight excluding hydrogens is 578 g/mol. The maximum Gasteiger partial charge on any atom is 0.404 e. The lowest BCUT2D eigenvalue weighted by Crippen LogP contribution is -2.32. The first-order valence-corrected chi connectivity index (χ1v) is 16.2. The van der Waals surface area contributed by atoms with Gasteiger partial charge in [0, 0.05) is 48.2 Å². The molecule has 0 unspecified atom stereocenters. The van der Waals surface area contributed by atoms with Gasteiger partial charge in [0.15, 0.2) is 0 Å². The van der Waals surface area contributed by atoms with Crippen LogP contribution in [0.1, 0.15) is 56.6 Å². The molecule has 2 saturated carbocycles. The Hall–Kier alpha value is -3.18. The van der Waals surface area contributed by atoms with Gasteiger partial charge in [0.1, 0.15) is 5.75 Å². The lowest BCUT2D eigenvalue weighted by molar-refractivity contribution is 0.0173. The summed E-state index contributed by atoms with van der Waals surface area (Å²) < 4.78 is 41.0. The van der Waals surface area contributed by atoms with Crippen LogP contribution in [0.5, 0.6) is 5.75 Å². The summed E-state index contributed by atoms with van der Waals surface area (Å²) in [5.41, 5.74) is 3.04. The highest BCUT2D eigenvalue weighted by molar-refractivity contribution is 7.89. The number of pyridine rings is 1. The Kier molecular flexibility index (Phi) is 9.37. The Bertz CT molecular complexity index is 1520. The molecule has 0 bridgehead atoms. The third kappa shape index (κ3) is 7.06. The Balaban J connectivity index is 1.32. The Labute approximate surface area is 251 Å². The van der Waals surface area contributed by atoms with Crippen molar-refractivity contribution in [3.63, 3.8) is 0 Å². The van der Waals surface area contributed by atoms with Crippen LogP contribution in [0.4, 0.5) is 4.79 Å². The molecule has 0 atom stereocenters. The zero-order valence-electron chi connectivity index (χ0n) is 23.6. The summed E-state index contributed by atoms with van der Waals surface area (Å²) in [5.74, 6) is 0.850. The van der Waals surface area contributed by atoms with Crippen LogP contribution >= 0.6 is 11.6 Å². The number of sulfonamides is 1. The largest absolute Gasteiger partial charge is 0.490 e. The van der Waals surface area contributed by atoms with Gasteiger partial charge in [-0.25, -0.2) is 13.2 Å². The highest BCUT2D eigenvalue weighted by Crippen LogP contribution is 2.53. The number of hydrogen-bond acceptors (Lipinski definition) is 6. The number of amides is 1. The smallest absolute Gasteiger partial charge is 0.404 e. The first-order valence-electron chi connectivity index (χ1n) is 14.3. The van der Waals surface area contributed by atoms with Crippen molar-refractivity contribution in [1.29, 1.82) is 0 Å². The minimum Gasteiger partial charge on any atom is -0.490 e. The van der Waals surface area contributed by atoms with E-state index in [1.165, 1.54) is 10.4 Å². The van der Waals surface area contributed by atoms with Crippen LogP contribution in [0.3, 0.4) is 0 Å². The van der Waals surface area contributed by atoms with Crippen molar-refractivity contribution in [3.8, 4) is 16.9 Å². The van der Waals surface area contributed by atoms with Crippen molar-refractivity contribution >= 4 is 27.7 Å². The summed E-state index contributed by atoms with van der Waals surface area (Å²) in [4.78, 5) is 15.2. The molecule has 0 aliphatic heterocycles. The van der Waals surface area contributed by atoms with Crippen molar-refractivity contribution in [2.24, 2.45) is 0 Å². The maximum atomic E-state index is 13.5. The van der Waals surface area contributed by atoms with Crippen LogP contribution in [-0.4, -0.2) is 54.6 Å². The van der Waals surface area contributed by atoms with Crippen LogP contribution in [0, 0.1) is 0 Å². The van der Waals surface area contributed by atoms with E-state index in [9.17, 15) is 13.2 Å². The van der Waals surface area contributed by atoms with Crippen LogP contribution < -0.4 is 10.1 Å². The van der Waals surface area contributed by atoms with E-state index in [0.29, 0.717) is 30.0 Å². The molecule has 11 heteroatoms. The van der Waals surface area contributed by atoms with Crippen LogP contribution in [0.25, 0.3) is 11.1 Å². The average molecular weight is 614 g/mol. The number of ether oxygens (including phenoxy) is 2. The molecule has 42 heavy (non-hydrogen) atoms. The van der Waals surface area contributed by atoms with Crippen molar-refractivity contribution in [2.75, 3.05) is 19.6 Å². The van der Waals surface area contributed by atoms with E-state index in [2.05, 4.69) is 16.4 Å².